The maximum atomic E-state index is 12.6. The number of alkyl halides is 3. The molecule has 0 spiro atoms. The number of carbonyl (C=O) groups excluding carboxylic acids is 1. The number of amides is 2. The number of halogens is 3. The number of rotatable bonds is 4. The van der Waals surface area contributed by atoms with Crippen LogP contribution in [-0.2, 0) is 6.42 Å². The fourth-order valence-electron chi connectivity index (χ4n) is 2.97. The first-order valence-electron chi connectivity index (χ1n) is 8.17. The van der Waals surface area contributed by atoms with Crippen LogP contribution in [0.15, 0.2) is 29.8 Å². The van der Waals surface area contributed by atoms with Crippen LogP contribution in [0.2, 0.25) is 0 Å². The molecule has 1 atom stereocenters. The number of nitrogens with zero attached hydrogens (tertiary/aromatic N) is 2. The molecule has 140 valence electrons. The van der Waals surface area contributed by atoms with Crippen molar-refractivity contribution in [3.05, 3.63) is 40.2 Å². The Bertz CT molecular complexity index is 761. The van der Waals surface area contributed by atoms with E-state index in [2.05, 4.69) is 21.1 Å². The fraction of sp³-hybridized carbons (Fsp3) is 0.412. The van der Waals surface area contributed by atoms with Crippen LogP contribution in [0, 0.1) is 0 Å². The molecule has 0 saturated heterocycles. The summed E-state index contributed by atoms with van der Waals surface area (Å²) in [6.45, 7) is 1.25. The lowest BCUT2D eigenvalue weighted by Crippen LogP contribution is -2.41. The molecule has 3 heterocycles. The van der Waals surface area contributed by atoms with E-state index in [4.69, 9.17) is 0 Å². The van der Waals surface area contributed by atoms with Gasteiger partial charge in [0.15, 0.2) is 6.61 Å². The summed E-state index contributed by atoms with van der Waals surface area (Å²) >= 11 is 1.71. The van der Waals surface area contributed by atoms with Crippen molar-refractivity contribution in [3.8, 4) is 5.88 Å². The topological polar surface area (TPSA) is 54.5 Å². The average molecular weight is 385 g/mol. The molecular weight excluding hydrogens is 367 g/mol. The van der Waals surface area contributed by atoms with Gasteiger partial charge < -0.3 is 15.0 Å². The van der Waals surface area contributed by atoms with Crippen molar-refractivity contribution in [2.24, 2.45) is 0 Å². The number of aromatic nitrogens is 1. The highest BCUT2D eigenvalue weighted by Gasteiger charge is 2.30. The van der Waals surface area contributed by atoms with Gasteiger partial charge in [-0.3, -0.25) is 0 Å². The first kappa shape index (κ1) is 18.5. The molecule has 0 bridgehead atoms. The molecule has 1 aliphatic heterocycles. The number of urea groups is 1. The molecule has 2 aromatic heterocycles. The second-order valence-corrected chi connectivity index (χ2v) is 6.89. The predicted octanol–water partition coefficient (Wildman–Crippen LogP) is 4.63. The monoisotopic (exact) mass is 385 g/mol. The van der Waals surface area contributed by atoms with Gasteiger partial charge in [-0.2, -0.15) is 13.2 Å². The molecule has 0 saturated carbocycles. The number of anilines is 1. The second kappa shape index (κ2) is 7.53. The third kappa shape index (κ3) is 4.27. The standard InChI is InChI=1S/C17H18F3N3O2S/c1-2-13-12-6-8-26-14(12)5-7-23(13)16(24)22-11-3-4-15(21-9-11)25-10-17(18,19)20/h3-4,6,8-9,13H,2,5,7,10H2,1H3,(H,22,24). The summed E-state index contributed by atoms with van der Waals surface area (Å²) in [7, 11) is 0. The van der Waals surface area contributed by atoms with Crippen molar-refractivity contribution in [3.63, 3.8) is 0 Å². The van der Waals surface area contributed by atoms with Crippen molar-refractivity contribution < 1.29 is 22.7 Å². The van der Waals surface area contributed by atoms with Gasteiger partial charge in [-0.15, -0.1) is 11.3 Å². The number of pyridine rings is 1. The lowest BCUT2D eigenvalue weighted by molar-refractivity contribution is -0.154. The largest absolute Gasteiger partial charge is 0.468 e. The van der Waals surface area contributed by atoms with Crippen LogP contribution < -0.4 is 10.1 Å². The van der Waals surface area contributed by atoms with Crippen LogP contribution in [0.25, 0.3) is 0 Å². The van der Waals surface area contributed by atoms with Crippen LogP contribution >= 0.6 is 11.3 Å². The molecule has 9 heteroatoms. The minimum absolute atomic E-state index is 0.0207. The number of carbonyl (C=O) groups is 1. The lowest BCUT2D eigenvalue weighted by atomic mass is 9.98. The molecule has 2 aromatic rings. The zero-order chi connectivity index (χ0) is 18.7. The summed E-state index contributed by atoms with van der Waals surface area (Å²) in [5.41, 5.74) is 1.59. The lowest BCUT2D eigenvalue weighted by Gasteiger charge is -2.35. The molecule has 5 nitrogen and oxygen atoms in total. The summed E-state index contributed by atoms with van der Waals surface area (Å²) in [6, 6.07) is 4.59. The maximum absolute atomic E-state index is 12.6. The number of thiophene rings is 1. The molecule has 0 aliphatic carbocycles. The Morgan fingerprint density at radius 3 is 2.88 bits per heavy atom. The van der Waals surface area contributed by atoms with Crippen molar-refractivity contribution in [2.45, 2.75) is 32.0 Å². The van der Waals surface area contributed by atoms with E-state index in [1.165, 1.54) is 28.8 Å². The van der Waals surface area contributed by atoms with Crippen LogP contribution in [0.4, 0.5) is 23.7 Å². The summed E-state index contributed by atoms with van der Waals surface area (Å²) < 4.78 is 41.0. The molecule has 3 rings (SSSR count). The van der Waals surface area contributed by atoms with Crippen LogP contribution in [0.3, 0.4) is 0 Å². The van der Waals surface area contributed by atoms with E-state index in [1.54, 1.807) is 16.2 Å². The number of hydrogen-bond donors (Lipinski definition) is 1. The van der Waals surface area contributed by atoms with Crippen LogP contribution in [0.1, 0.15) is 29.8 Å². The molecule has 2 amide bonds. The van der Waals surface area contributed by atoms with Crippen LogP contribution in [-0.4, -0.2) is 35.2 Å². The van der Waals surface area contributed by atoms with Gasteiger partial charge in [0.05, 0.1) is 17.9 Å². The van der Waals surface area contributed by atoms with E-state index in [9.17, 15) is 18.0 Å². The smallest absolute Gasteiger partial charge is 0.422 e. The van der Waals surface area contributed by atoms with Gasteiger partial charge in [0.1, 0.15) is 0 Å². The second-order valence-electron chi connectivity index (χ2n) is 5.89. The van der Waals surface area contributed by atoms with Crippen molar-refractivity contribution in [1.29, 1.82) is 0 Å². The van der Waals surface area contributed by atoms with Gasteiger partial charge in [-0.25, -0.2) is 9.78 Å². The van der Waals surface area contributed by atoms with Crippen molar-refractivity contribution in [2.75, 3.05) is 18.5 Å². The Kier molecular flexibility index (Phi) is 5.36. The summed E-state index contributed by atoms with van der Waals surface area (Å²) in [4.78, 5) is 19.5. The molecule has 1 aliphatic rings. The molecule has 0 fully saturated rings. The van der Waals surface area contributed by atoms with E-state index < -0.39 is 12.8 Å². The zero-order valence-electron chi connectivity index (χ0n) is 14.0. The molecule has 0 aromatic carbocycles. The van der Waals surface area contributed by atoms with Gasteiger partial charge in [-0.1, -0.05) is 6.92 Å². The van der Waals surface area contributed by atoms with E-state index in [1.807, 2.05) is 12.3 Å². The van der Waals surface area contributed by atoms with Crippen molar-refractivity contribution in [1.82, 2.24) is 9.88 Å². The minimum Gasteiger partial charge on any atom is -0.468 e. The predicted molar refractivity (Wildman–Crippen MR) is 92.6 cm³/mol. The van der Waals surface area contributed by atoms with E-state index in [0.29, 0.717) is 12.2 Å². The quantitative estimate of drug-likeness (QED) is 0.835. The Morgan fingerprint density at radius 1 is 1.42 bits per heavy atom. The van der Waals surface area contributed by atoms with Gasteiger partial charge in [0, 0.05) is 17.5 Å². The SMILES string of the molecule is CCC1c2ccsc2CCN1C(=O)Nc1ccc(OCC(F)(F)F)nc1. The number of fused-ring (bicyclic) bond motifs is 1. The number of nitrogens with one attached hydrogen (secondary N) is 1. The zero-order valence-corrected chi connectivity index (χ0v) is 14.9. The Labute approximate surface area is 152 Å². The summed E-state index contributed by atoms with van der Waals surface area (Å²) in [6.07, 6.45) is -1.51. The first-order valence-corrected chi connectivity index (χ1v) is 9.05. The minimum atomic E-state index is -4.42. The third-order valence-electron chi connectivity index (χ3n) is 4.11. The normalized spacial score (nSPS) is 16.9. The summed E-state index contributed by atoms with van der Waals surface area (Å²) in [5, 5.41) is 4.79. The molecule has 1 N–H and O–H groups in total. The molecule has 1 unspecified atom stereocenters. The summed E-state index contributed by atoms with van der Waals surface area (Å²) in [5.74, 6) is -0.146. The fourth-order valence-corrected chi connectivity index (χ4v) is 3.90. The van der Waals surface area contributed by atoms with E-state index in [-0.39, 0.29) is 18.0 Å². The highest BCUT2D eigenvalue weighted by molar-refractivity contribution is 7.10. The highest BCUT2D eigenvalue weighted by atomic mass is 32.1. The Balaban J connectivity index is 1.63. The van der Waals surface area contributed by atoms with Crippen LogP contribution in [0.5, 0.6) is 5.88 Å². The van der Waals surface area contributed by atoms with E-state index >= 15 is 0 Å². The Hall–Kier alpha value is -2.29. The molecular formula is C17H18F3N3O2S. The molecule has 0 radical (unpaired) electrons. The van der Waals surface area contributed by atoms with Crippen molar-refractivity contribution >= 4 is 23.1 Å². The average Bonchev–Trinajstić information content (AvgIpc) is 3.08. The number of hydrogen-bond acceptors (Lipinski definition) is 4. The van der Waals surface area contributed by atoms with Gasteiger partial charge >= 0.3 is 12.2 Å². The highest BCUT2D eigenvalue weighted by Crippen LogP contribution is 2.35. The van der Waals surface area contributed by atoms with E-state index in [0.717, 1.165) is 12.8 Å². The third-order valence-corrected chi connectivity index (χ3v) is 5.11. The van der Waals surface area contributed by atoms with Gasteiger partial charge in [0.2, 0.25) is 5.88 Å². The molecule has 26 heavy (non-hydrogen) atoms. The van der Waals surface area contributed by atoms with Gasteiger partial charge in [-0.05, 0) is 35.9 Å². The first-order chi connectivity index (χ1) is 12.4. The maximum Gasteiger partial charge on any atom is 0.422 e. The number of ether oxygens (including phenoxy) is 1. The van der Waals surface area contributed by atoms with Gasteiger partial charge in [0.25, 0.3) is 0 Å². The Morgan fingerprint density at radius 2 is 2.23 bits per heavy atom.